The van der Waals surface area contributed by atoms with Crippen molar-refractivity contribution in [1.82, 2.24) is 10.2 Å². The molecule has 6 nitrogen and oxygen atoms in total. The molecule has 0 radical (unpaired) electrons. The molecule has 1 N–H and O–H groups in total. The lowest BCUT2D eigenvalue weighted by atomic mass is 10.1. The van der Waals surface area contributed by atoms with Crippen molar-refractivity contribution in [2.45, 2.75) is 32.2 Å². The quantitative estimate of drug-likeness (QED) is 0.784. The first kappa shape index (κ1) is 13.3. The van der Waals surface area contributed by atoms with Crippen molar-refractivity contribution in [3.63, 3.8) is 0 Å². The van der Waals surface area contributed by atoms with E-state index in [1.807, 2.05) is 13.0 Å². The van der Waals surface area contributed by atoms with Crippen LogP contribution in [0.25, 0.3) is 0 Å². The average Bonchev–Trinajstić information content (AvgIpc) is 2.94. The summed E-state index contributed by atoms with van der Waals surface area (Å²) in [6.45, 7) is 1.67. The smallest absolute Gasteiger partial charge is 0.240 e. The van der Waals surface area contributed by atoms with Gasteiger partial charge in [-0.1, -0.05) is 0 Å². The van der Waals surface area contributed by atoms with Gasteiger partial charge in [0.25, 0.3) is 0 Å². The van der Waals surface area contributed by atoms with Gasteiger partial charge in [-0.15, -0.1) is 0 Å². The highest BCUT2D eigenvalue weighted by Gasteiger charge is 2.30. The van der Waals surface area contributed by atoms with Gasteiger partial charge < -0.3 is 9.73 Å². The first-order valence-electron chi connectivity index (χ1n) is 6.20. The third kappa shape index (κ3) is 3.43. The van der Waals surface area contributed by atoms with Gasteiger partial charge in [-0.3, -0.25) is 19.3 Å². The molecule has 1 fully saturated rings. The van der Waals surface area contributed by atoms with Crippen LogP contribution in [-0.4, -0.2) is 35.2 Å². The van der Waals surface area contributed by atoms with Crippen LogP contribution in [0.4, 0.5) is 0 Å². The summed E-state index contributed by atoms with van der Waals surface area (Å²) in [7, 11) is 0. The Balaban J connectivity index is 1.80. The number of carbonyl (C=O) groups is 3. The largest absolute Gasteiger partial charge is 0.472 e. The Morgan fingerprint density at radius 3 is 2.68 bits per heavy atom. The van der Waals surface area contributed by atoms with Crippen LogP contribution in [0, 0.1) is 0 Å². The minimum Gasteiger partial charge on any atom is -0.472 e. The first-order chi connectivity index (χ1) is 9.06. The molecule has 1 unspecified atom stereocenters. The number of furan rings is 1. The van der Waals surface area contributed by atoms with Crippen molar-refractivity contribution in [2.24, 2.45) is 0 Å². The molecule has 1 saturated heterocycles. The molecule has 1 aliphatic heterocycles. The molecule has 0 aromatic carbocycles. The lowest BCUT2D eigenvalue weighted by Crippen LogP contribution is -2.43. The maximum Gasteiger partial charge on any atom is 0.240 e. The standard InChI is InChI=1S/C13H16N2O4/c1-9(6-10-4-5-19-8-10)14-11(16)7-15-12(17)2-3-13(15)18/h4-5,8-9H,2-3,6-7H2,1H3,(H,14,16). The van der Waals surface area contributed by atoms with E-state index >= 15 is 0 Å². The van der Waals surface area contributed by atoms with E-state index in [0.717, 1.165) is 10.5 Å². The Labute approximate surface area is 110 Å². The van der Waals surface area contributed by atoms with Crippen LogP contribution in [0.1, 0.15) is 25.3 Å². The molecule has 1 atom stereocenters. The van der Waals surface area contributed by atoms with E-state index in [1.54, 1.807) is 12.5 Å². The minimum absolute atomic E-state index is 0.0853. The van der Waals surface area contributed by atoms with Crippen LogP contribution >= 0.6 is 0 Å². The molecule has 19 heavy (non-hydrogen) atoms. The van der Waals surface area contributed by atoms with Gasteiger partial charge in [0, 0.05) is 18.9 Å². The lowest BCUT2D eigenvalue weighted by Gasteiger charge is -2.17. The number of nitrogens with zero attached hydrogens (tertiary/aromatic N) is 1. The summed E-state index contributed by atoms with van der Waals surface area (Å²) in [5.74, 6) is -0.870. The number of hydrogen-bond acceptors (Lipinski definition) is 4. The van der Waals surface area contributed by atoms with Gasteiger partial charge in [0.2, 0.25) is 17.7 Å². The third-order valence-corrected chi connectivity index (χ3v) is 2.99. The fraction of sp³-hybridized carbons (Fsp3) is 0.462. The topological polar surface area (TPSA) is 79.6 Å². The summed E-state index contributed by atoms with van der Waals surface area (Å²) in [4.78, 5) is 35.5. The normalized spacial score (nSPS) is 16.8. The number of nitrogens with one attached hydrogen (secondary N) is 1. The highest BCUT2D eigenvalue weighted by atomic mass is 16.3. The van der Waals surface area contributed by atoms with Gasteiger partial charge in [0.15, 0.2) is 0 Å². The molecule has 3 amide bonds. The van der Waals surface area contributed by atoms with Crippen molar-refractivity contribution in [3.8, 4) is 0 Å². The number of imide groups is 1. The Hall–Kier alpha value is -2.11. The molecule has 0 bridgehead atoms. The first-order valence-corrected chi connectivity index (χ1v) is 6.20. The number of hydrogen-bond donors (Lipinski definition) is 1. The monoisotopic (exact) mass is 264 g/mol. The molecule has 6 heteroatoms. The summed E-state index contributed by atoms with van der Waals surface area (Å²) in [6.07, 6.45) is 4.25. The average molecular weight is 264 g/mol. The highest BCUT2D eigenvalue weighted by Crippen LogP contribution is 2.11. The van der Waals surface area contributed by atoms with Crippen molar-refractivity contribution in [2.75, 3.05) is 6.54 Å². The van der Waals surface area contributed by atoms with Crippen LogP contribution in [0.3, 0.4) is 0 Å². The second kappa shape index (κ2) is 5.69. The maximum atomic E-state index is 11.7. The zero-order valence-electron chi connectivity index (χ0n) is 10.7. The molecule has 2 rings (SSSR count). The summed E-state index contributed by atoms with van der Waals surface area (Å²) in [6, 6.07) is 1.74. The van der Waals surface area contributed by atoms with E-state index < -0.39 is 0 Å². The SMILES string of the molecule is CC(Cc1ccoc1)NC(=O)CN1C(=O)CCC1=O. The van der Waals surface area contributed by atoms with E-state index in [4.69, 9.17) is 4.42 Å². The van der Waals surface area contributed by atoms with Gasteiger partial charge >= 0.3 is 0 Å². The van der Waals surface area contributed by atoms with Crippen LogP contribution in [-0.2, 0) is 20.8 Å². The maximum absolute atomic E-state index is 11.7. The van der Waals surface area contributed by atoms with Gasteiger partial charge in [0.05, 0.1) is 12.5 Å². The lowest BCUT2D eigenvalue weighted by molar-refractivity contribution is -0.142. The Morgan fingerprint density at radius 1 is 1.42 bits per heavy atom. The molecule has 1 aromatic heterocycles. The summed E-state index contributed by atoms with van der Waals surface area (Å²) in [5, 5.41) is 2.76. The van der Waals surface area contributed by atoms with Gasteiger partial charge in [-0.2, -0.15) is 0 Å². The van der Waals surface area contributed by atoms with Crippen molar-refractivity contribution >= 4 is 17.7 Å². The molecular weight excluding hydrogens is 248 g/mol. The Morgan fingerprint density at radius 2 is 2.11 bits per heavy atom. The second-order valence-corrected chi connectivity index (χ2v) is 4.68. The summed E-state index contributed by atoms with van der Waals surface area (Å²) in [5.41, 5.74) is 0.987. The van der Waals surface area contributed by atoms with Crippen molar-refractivity contribution in [1.29, 1.82) is 0 Å². The molecule has 0 saturated carbocycles. The Kier molecular flexibility index (Phi) is 3.99. The fourth-order valence-electron chi connectivity index (χ4n) is 2.08. The zero-order valence-corrected chi connectivity index (χ0v) is 10.7. The molecule has 102 valence electrons. The predicted octanol–water partition coefficient (Wildman–Crippen LogP) is 0.476. The molecule has 1 aromatic rings. The number of likely N-dealkylation sites (tertiary alicyclic amines) is 1. The molecule has 0 aliphatic carbocycles. The zero-order chi connectivity index (χ0) is 13.8. The third-order valence-electron chi connectivity index (χ3n) is 2.99. The summed E-state index contributed by atoms with van der Waals surface area (Å²) < 4.78 is 4.95. The van der Waals surface area contributed by atoms with Crippen LogP contribution < -0.4 is 5.32 Å². The molecule has 1 aliphatic rings. The molecular formula is C13H16N2O4. The van der Waals surface area contributed by atoms with Gasteiger partial charge in [-0.25, -0.2) is 0 Å². The number of amides is 3. The fourth-order valence-corrected chi connectivity index (χ4v) is 2.08. The second-order valence-electron chi connectivity index (χ2n) is 4.68. The van der Waals surface area contributed by atoms with E-state index in [0.29, 0.717) is 6.42 Å². The summed E-state index contributed by atoms with van der Waals surface area (Å²) >= 11 is 0. The van der Waals surface area contributed by atoms with Gasteiger partial charge in [0.1, 0.15) is 6.54 Å². The number of rotatable bonds is 5. The minimum atomic E-state index is -0.320. The Bertz CT molecular complexity index is 465. The van der Waals surface area contributed by atoms with Crippen molar-refractivity contribution < 1.29 is 18.8 Å². The van der Waals surface area contributed by atoms with E-state index in [9.17, 15) is 14.4 Å². The van der Waals surface area contributed by atoms with E-state index in [2.05, 4.69) is 5.32 Å². The highest BCUT2D eigenvalue weighted by molar-refractivity contribution is 6.04. The van der Waals surface area contributed by atoms with Crippen LogP contribution in [0.5, 0.6) is 0 Å². The predicted molar refractivity (Wildman–Crippen MR) is 66.0 cm³/mol. The van der Waals surface area contributed by atoms with E-state index in [1.165, 1.54) is 0 Å². The molecule has 0 spiro atoms. The van der Waals surface area contributed by atoms with Gasteiger partial charge in [-0.05, 0) is 25.0 Å². The van der Waals surface area contributed by atoms with Crippen LogP contribution in [0.2, 0.25) is 0 Å². The van der Waals surface area contributed by atoms with Crippen LogP contribution in [0.15, 0.2) is 23.0 Å². The number of carbonyl (C=O) groups excluding carboxylic acids is 3. The van der Waals surface area contributed by atoms with E-state index in [-0.39, 0.29) is 43.1 Å². The molecule has 2 heterocycles. The van der Waals surface area contributed by atoms with Crippen molar-refractivity contribution in [3.05, 3.63) is 24.2 Å².